The molecule has 140 valence electrons. The fourth-order valence-corrected chi connectivity index (χ4v) is 5.19. The second-order valence-corrected chi connectivity index (χ2v) is 8.58. The number of urea groups is 1. The van der Waals surface area contributed by atoms with Crippen molar-refractivity contribution in [1.29, 1.82) is 0 Å². The topological polar surface area (TPSA) is 92.8 Å². The Balaban J connectivity index is 2.07. The lowest BCUT2D eigenvalue weighted by Crippen LogP contribution is -2.52. The van der Waals surface area contributed by atoms with Gasteiger partial charge in [-0.2, -0.15) is 0 Å². The van der Waals surface area contributed by atoms with Gasteiger partial charge in [-0.1, -0.05) is 12.1 Å². The van der Waals surface area contributed by atoms with Crippen LogP contribution in [0.1, 0.15) is 24.9 Å². The van der Waals surface area contributed by atoms with Crippen molar-refractivity contribution in [3.05, 3.63) is 46.9 Å². The van der Waals surface area contributed by atoms with Gasteiger partial charge >= 0.3 is 12.0 Å². The first-order valence-corrected chi connectivity index (χ1v) is 9.90. The highest BCUT2D eigenvalue weighted by atomic mass is 32.2. The molecule has 3 rings (SSSR count). The zero-order valence-corrected chi connectivity index (χ0v) is 15.2. The normalized spacial score (nSPS) is 25.2. The van der Waals surface area contributed by atoms with E-state index in [4.69, 9.17) is 4.74 Å². The molecule has 7 nitrogen and oxygen atoms in total. The Labute approximate surface area is 150 Å². The molecule has 1 aromatic rings. The number of hydrogen-bond donors (Lipinski definition) is 1. The van der Waals surface area contributed by atoms with E-state index < -0.39 is 39.7 Å². The molecule has 2 heterocycles. The smallest absolute Gasteiger partial charge is 0.337 e. The molecule has 0 aliphatic carbocycles. The number of amides is 2. The van der Waals surface area contributed by atoms with E-state index in [-0.39, 0.29) is 17.1 Å². The SMILES string of the molecule is COC(=O)C1=C(C)N([C@@H]2CCS(=O)(=O)C2)C(=O)N[C@@H]1c1cccc(F)c1. The first-order chi connectivity index (χ1) is 12.2. The number of halogens is 1. The highest BCUT2D eigenvalue weighted by Crippen LogP contribution is 2.34. The fraction of sp³-hybridized carbons (Fsp3) is 0.412. The molecule has 2 aliphatic heterocycles. The zero-order chi connectivity index (χ0) is 19.1. The quantitative estimate of drug-likeness (QED) is 0.801. The monoisotopic (exact) mass is 382 g/mol. The Morgan fingerprint density at radius 3 is 2.69 bits per heavy atom. The van der Waals surface area contributed by atoms with Gasteiger partial charge in [-0.3, -0.25) is 4.90 Å². The molecule has 2 aliphatic rings. The van der Waals surface area contributed by atoms with E-state index in [9.17, 15) is 22.4 Å². The van der Waals surface area contributed by atoms with Crippen LogP contribution in [0.3, 0.4) is 0 Å². The number of carbonyl (C=O) groups excluding carboxylic acids is 2. The summed E-state index contributed by atoms with van der Waals surface area (Å²) >= 11 is 0. The Bertz CT molecular complexity index is 896. The summed E-state index contributed by atoms with van der Waals surface area (Å²) in [6, 6.07) is 3.63. The van der Waals surface area contributed by atoms with Crippen LogP contribution in [0.2, 0.25) is 0 Å². The number of allylic oxidation sites excluding steroid dienone is 1. The number of methoxy groups -OCH3 is 1. The Kier molecular flexibility index (Phi) is 4.74. The molecular formula is C17H19FN2O5S. The number of nitrogens with one attached hydrogen (secondary N) is 1. The summed E-state index contributed by atoms with van der Waals surface area (Å²) < 4.78 is 42.0. The van der Waals surface area contributed by atoms with E-state index in [1.54, 1.807) is 13.0 Å². The van der Waals surface area contributed by atoms with Crippen LogP contribution >= 0.6 is 0 Å². The third kappa shape index (κ3) is 3.31. The second kappa shape index (κ2) is 6.71. The van der Waals surface area contributed by atoms with Gasteiger partial charge in [-0.05, 0) is 31.0 Å². The molecule has 9 heteroatoms. The first-order valence-electron chi connectivity index (χ1n) is 8.08. The summed E-state index contributed by atoms with van der Waals surface area (Å²) in [6.45, 7) is 1.57. The Hall–Kier alpha value is -2.42. The Morgan fingerprint density at radius 2 is 2.12 bits per heavy atom. The molecule has 1 fully saturated rings. The minimum Gasteiger partial charge on any atom is -0.466 e. The summed E-state index contributed by atoms with van der Waals surface area (Å²) in [7, 11) is -2.00. The number of benzene rings is 1. The summed E-state index contributed by atoms with van der Waals surface area (Å²) in [5, 5.41) is 2.68. The highest BCUT2D eigenvalue weighted by molar-refractivity contribution is 7.91. The lowest BCUT2D eigenvalue weighted by atomic mass is 9.94. The number of esters is 1. The van der Waals surface area contributed by atoms with E-state index in [0.29, 0.717) is 17.7 Å². The van der Waals surface area contributed by atoms with Gasteiger partial charge in [0.2, 0.25) is 0 Å². The van der Waals surface area contributed by atoms with Gasteiger partial charge in [-0.25, -0.2) is 22.4 Å². The van der Waals surface area contributed by atoms with E-state index in [0.717, 1.165) is 0 Å². The standard InChI is InChI=1S/C17H19FN2O5S/c1-10-14(16(21)25-2)15(11-4-3-5-12(18)8-11)19-17(22)20(10)13-6-7-26(23,24)9-13/h3-5,8,13,15H,6-7,9H2,1-2H3,(H,19,22)/t13-,15-/m1/s1. The van der Waals surface area contributed by atoms with E-state index >= 15 is 0 Å². The highest BCUT2D eigenvalue weighted by Gasteiger charge is 2.42. The molecule has 0 radical (unpaired) electrons. The van der Waals surface area contributed by atoms with Crippen LogP contribution < -0.4 is 5.32 Å². The van der Waals surface area contributed by atoms with E-state index in [1.165, 1.54) is 30.2 Å². The molecule has 0 saturated carbocycles. The van der Waals surface area contributed by atoms with Crippen LogP contribution in [0.5, 0.6) is 0 Å². The lowest BCUT2D eigenvalue weighted by molar-refractivity contribution is -0.136. The molecule has 26 heavy (non-hydrogen) atoms. The molecule has 2 atom stereocenters. The van der Waals surface area contributed by atoms with Gasteiger partial charge in [0.1, 0.15) is 5.82 Å². The summed E-state index contributed by atoms with van der Waals surface area (Å²) in [5.74, 6) is -1.32. The van der Waals surface area contributed by atoms with Crippen LogP contribution in [0, 0.1) is 5.82 Å². The third-order valence-electron chi connectivity index (χ3n) is 4.69. The van der Waals surface area contributed by atoms with Crippen molar-refractivity contribution < 1.29 is 27.1 Å². The van der Waals surface area contributed by atoms with Crippen molar-refractivity contribution in [2.24, 2.45) is 0 Å². The average molecular weight is 382 g/mol. The number of nitrogens with zero attached hydrogens (tertiary/aromatic N) is 1. The molecule has 1 N–H and O–H groups in total. The predicted octanol–water partition coefficient (Wildman–Crippen LogP) is 1.53. The maximum atomic E-state index is 13.6. The van der Waals surface area contributed by atoms with Crippen molar-refractivity contribution in [2.45, 2.75) is 25.4 Å². The lowest BCUT2D eigenvalue weighted by Gasteiger charge is -2.38. The molecule has 0 aromatic heterocycles. The van der Waals surface area contributed by atoms with Gasteiger partial charge in [0, 0.05) is 5.70 Å². The van der Waals surface area contributed by atoms with Gasteiger partial charge in [0.15, 0.2) is 9.84 Å². The van der Waals surface area contributed by atoms with E-state index in [2.05, 4.69) is 5.32 Å². The number of sulfone groups is 1. The van der Waals surface area contributed by atoms with Crippen molar-refractivity contribution in [1.82, 2.24) is 10.2 Å². The number of rotatable bonds is 3. The van der Waals surface area contributed by atoms with Crippen LogP contribution in [0.25, 0.3) is 0 Å². The van der Waals surface area contributed by atoms with Gasteiger partial charge in [-0.15, -0.1) is 0 Å². The van der Waals surface area contributed by atoms with Gasteiger partial charge < -0.3 is 10.1 Å². The minimum atomic E-state index is -3.22. The van der Waals surface area contributed by atoms with Crippen molar-refractivity contribution in [2.75, 3.05) is 18.6 Å². The van der Waals surface area contributed by atoms with Crippen LogP contribution in [-0.2, 0) is 19.4 Å². The zero-order valence-electron chi connectivity index (χ0n) is 14.4. The van der Waals surface area contributed by atoms with Crippen LogP contribution in [0.15, 0.2) is 35.5 Å². The Morgan fingerprint density at radius 1 is 1.38 bits per heavy atom. The van der Waals surface area contributed by atoms with Gasteiger partial charge in [0.05, 0.1) is 36.3 Å². The first kappa shape index (κ1) is 18.4. The maximum Gasteiger partial charge on any atom is 0.337 e. The number of hydrogen-bond acceptors (Lipinski definition) is 5. The largest absolute Gasteiger partial charge is 0.466 e. The maximum absolute atomic E-state index is 13.6. The summed E-state index contributed by atoms with van der Waals surface area (Å²) in [6.07, 6.45) is 0.298. The predicted molar refractivity (Wildman–Crippen MR) is 91.3 cm³/mol. The van der Waals surface area contributed by atoms with Crippen LogP contribution in [0.4, 0.5) is 9.18 Å². The number of ether oxygens (including phenoxy) is 1. The average Bonchev–Trinajstić information content (AvgIpc) is 2.93. The molecule has 0 unspecified atom stereocenters. The van der Waals surface area contributed by atoms with Crippen LogP contribution in [-0.4, -0.2) is 50.0 Å². The van der Waals surface area contributed by atoms with Crippen molar-refractivity contribution in [3.8, 4) is 0 Å². The molecule has 1 saturated heterocycles. The second-order valence-electron chi connectivity index (χ2n) is 6.36. The molecule has 1 aromatic carbocycles. The summed E-state index contributed by atoms with van der Waals surface area (Å²) in [5.41, 5.74) is 0.871. The number of carbonyl (C=O) groups is 2. The van der Waals surface area contributed by atoms with Crippen molar-refractivity contribution >= 4 is 21.8 Å². The van der Waals surface area contributed by atoms with Crippen molar-refractivity contribution in [3.63, 3.8) is 0 Å². The van der Waals surface area contributed by atoms with E-state index in [1.807, 2.05) is 0 Å². The molecule has 0 spiro atoms. The van der Waals surface area contributed by atoms with Gasteiger partial charge in [0.25, 0.3) is 0 Å². The summed E-state index contributed by atoms with van der Waals surface area (Å²) in [4.78, 5) is 26.3. The molecule has 0 bridgehead atoms. The molecular weight excluding hydrogens is 363 g/mol. The third-order valence-corrected chi connectivity index (χ3v) is 6.44. The minimum absolute atomic E-state index is 0.00436. The fourth-order valence-electron chi connectivity index (χ4n) is 3.49. The molecule has 2 amide bonds.